The molecule has 1 unspecified atom stereocenters. The molecule has 2 aromatic rings. The van der Waals surface area contributed by atoms with Gasteiger partial charge in [0.05, 0.1) is 17.6 Å². The highest BCUT2D eigenvalue weighted by Gasteiger charge is 2.20. The maximum Gasteiger partial charge on any atom is 0.108 e. The molecule has 1 saturated heterocycles. The molecule has 1 aliphatic heterocycles. The Bertz CT molecular complexity index is 595. The molecule has 1 aromatic heterocycles. The Hall–Kier alpha value is -1.59. The van der Waals surface area contributed by atoms with E-state index in [0.29, 0.717) is 6.04 Å². The molecule has 0 aliphatic carbocycles. The van der Waals surface area contributed by atoms with Crippen molar-refractivity contribution < 1.29 is 5.11 Å². The van der Waals surface area contributed by atoms with Crippen LogP contribution in [-0.4, -0.2) is 45.7 Å². The van der Waals surface area contributed by atoms with Crippen LogP contribution in [0.4, 0.5) is 5.69 Å². The fourth-order valence-electron chi connectivity index (χ4n) is 3.19. The highest BCUT2D eigenvalue weighted by molar-refractivity contribution is 5.78. The SMILES string of the molecule is Nc1ccc2nc(CCN3CCCCCC3CO)[nH]c2c1. The van der Waals surface area contributed by atoms with E-state index in [1.165, 1.54) is 19.3 Å². The summed E-state index contributed by atoms with van der Waals surface area (Å²) in [5.74, 6) is 0.997. The molecule has 0 radical (unpaired) electrons. The first kappa shape index (κ1) is 14.4. The smallest absolute Gasteiger partial charge is 0.108 e. The van der Waals surface area contributed by atoms with E-state index in [0.717, 1.165) is 48.5 Å². The predicted octanol–water partition coefficient (Wildman–Crippen LogP) is 1.92. The van der Waals surface area contributed by atoms with E-state index >= 15 is 0 Å². The molecular weight excluding hydrogens is 264 g/mol. The van der Waals surface area contributed by atoms with Crippen molar-refractivity contribution in [3.63, 3.8) is 0 Å². The Kier molecular flexibility index (Phi) is 4.41. The third kappa shape index (κ3) is 3.36. The van der Waals surface area contributed by atoms with Crippen LogP contribution in [0.5, 0.6) is 0 Å². The van der Waals surface area contributed by atoms with Gasteiger partial charge in [-0.15, -0.1) is 0 Å². The molecule has 1 atom stereocenters. The van der Waals surface area contributed by atoms with Gasteiger partial charge in [0.1, 0.15) is 5.82 Å². The fourth-order valence-corrected chi connectivity index (χ4v) is 3.19. The second-order valence-corrected chi connectivity index (χ2v) is 5.93. The molecule has 0 bridgehead atoms. The number of hydrogen-bond donors (Lipinski definition) is 3. The summed E-state index contributed by atoms with van der Waals surface area (Å²) in [6.07, 6.45) is 5.72. The number of nitrogens with two attached hydrogens (primary N) is 1. The Labute approximate surface area is 125 Å². The van der Waals surface area contributed by atoms with Crippen LogP contribution < -0.4 is 5.73 Å². The van der Waals surface area contributed by atoms with E-state index in [4.69, 9.17) is 5.73 Å². The predicted molar refractivity (Wildman–Crippen MR) is 85.1 cm³/mol. The van der Waals surface area contributed by atoms with E-state index in [1.807, 2.05) is 18.2 Å². The largest absolute Gasteiger partial charge is 0.399 e. The third-order valence-electron chi connectivity index (χ3n) is 4.40. The Morgan fingerprint density at radius 2 is 2.24 bits per heavy atom. The number of nitrogens with one attached hydrogen (secondary N) is 1. The number of aliphatic hydroxyl groups excluding tert-OH is 1. The number of anilines is 1. The minimum Gasteiger partial charge on any atom is -0.399 e. The van der Waals surface area contributed by atoms with Crippen LogP contribution in [0, 0.1) is 0 Å². The summed E-state index contributed by atoms with van der Waals surface area (Å²) in [6.45, 7) is 2.29. The van der Waals surface area contributed by atoms with Crippen molar-refractivity contribution in [1.82, 2.24) is 14.9 Å². The van der Waals surface area contributed by atoms with Gasteiger partial charge in [-0.3, -0.25) is 4.90 Å². The zero-order chi connectivity index (χ0) is 14.7. The molecule has 4 N–H and O–H groups in total. The van der Waals surface area contributed by atoms with Crippen molar-refractivity contribution in [2.45, 2.75) is 38.1 Å². The Balaban J connectivity index is 1.67. The number of aromatic amines is 1. The number of imidazole rings is 1. The second kappa shape index (κ2) is 6.45. The van der Waals surface area contributed by atoms with E-state index in [1.54, 1.807) is 0 Å². The topological polar surface area (TPSA) is 78.2 Å². The second-order valence-electron chi connectivity index (χ2n) is 5.93. The van der Waals surface area contributed by atoms with Gasteiger partial charge in [-0.1, -0.05) is 12.8 Å². The van der Waals surface area contributed by atoms with Gasteiger partial charge in [0, 0.05) is 24.7 Å². The van der Waals surface area contributed by atoms with Crippen LogP contribution >= 0.6 is 0 Å². The van der Waals surface area contributed by atoms with Crippen LogP contribution in [0.15, 0.2) is 18.2 Å². The molecule has 21 heavy (non-hydrogen) atoms. The maximum atomic E-state index is 9.55. The van der Waals surface area contributed by atoms with Crippen LogP contribution in [0.2, 0.25) is 0 Å². The summed E-state index contributed by atoms with van der Waals surface area (Å²) in [7, 11) is 0. The van der Waals surface area contributed by atoms with Crippen molar-refractivity contribution in [2.24, 2.45) is 0 Å². The van der Waals surface area contributed by atoms with Gasteiger partial charge in [-0.25, -0.2) is 4.98 Å². The van der Waals surface area contributed by atoms with Crippen LogP contribution in [-0.2, 0) is 6.42 Å². The minimum atomic E-state index is 0.261. The quantitative estimate of drug-likeness (QED) is 0.751. The minimum absolute atomic E-state index is 0.261. The average Bonchev–Trinajstić information content (AvgIpc) is 2.74. The lowest BCUT2D eigenvalue weighted by Gasteiger charge is -2.27. The summed E-state index contributed by atoms with van der Waals surface area (Å²) in [5, 5.41) is 9.55. The number of aromatic nitrogens is 2. The van der Waals surface area contributed by atoms with E-state index < -0.39 is 0 Å². The zero-order valence-electron chi connectivity index (χ0n) is 12.4. The molecule has 1 aromatic carbocycles. The van der Waals surface area contributed by atoms with E-state index in [-0.39, 0.29) is 6.61 Å². The molecule has 5 heteroatoms. The summed E-state index contributed by atoms with van der Waals surface area (Å²) < 4.78 is 0. The van der Waals surface area contributed by atoms with Crippen LogP contribution in [0.1, 0.15) is 31.5 Å². The molecule has 0 spiro atoms. The van der Waals surface area contributed by atoms with Crippen LogP contribution in [0.3, 0.4) is 0 Å². The molecule has 1 aliphatic rings. The molecule has 0 saturated carbocycles. The number of hydrogen-bond acceptors (Lipinski definition) is 4. The van der Waals surface area contributed by atoms with Crippen molar-refractivity contribution in [3.8, 4) is 0 Å². The summed E-state index contributed by atoms with van der Waals surface area (Å²) in [5.41, 5.74) is 8.52. The summed E-state index contributed by atoms with van der Waals surface area (Å²) in [6, 6.07) is 6.07. The van der Waals surface area contributed by atoms with Gasteiger partial charge >= 0.3 is 0 Å². The normalized spacial score (nSPS) is 20.7. The lowest BCUT2D eigenvalue weighted by Crippen LogP contribution is -2.38. The van der Waals surface area contributed by atoms with Gasteiger partial charge < -0.3 is 15.8 Å². The monoisotopic (exact) mass is 288 g/mol. The van der Waals surface area contributed by atoms with E-state index in [2.05, 4.69) is 14.9 Å². The van der Waals surface area contributed by atoms with Crippen molar-refractivity contribution in [2.75, 3.05) is 25.4 Å². The molecule has 5 nitrogen and oxygen atoms in total. The highest BCUT2D eigenvalue weighted by atomic mass is 16.3. The number of fused-ring (bicyclic) bond motifs is 1. The van der Waals surface area contributed by atoms with Crippen molar-refractivity contribution >= 4 is 16.7 Å². The van der Waals surface area contributed by atoms with Crippen LogP contribution in [0.25, 0.3) is 11.0 Å². The lowest BCUT2D eigenvalue weighted by molar-refractivity contribution is 0.125. The van der Waals surface area contributed by atoms with E-state index in [9.17, 15) is 5.11 Å². The van der Waals surface area contributed by atoms with Crippen molar-refractivity contribution in [3.05, 3.63) is 24.0 Å². The Morgan fingerprint density at radius 3 is 3.10 bits per heavy atom. The van der Waals surface area contributed by atoms with Gasteiger partial charge in [-0.2, -0.15) is 0 Å². The number of benzene rings is 1. The summed E-state index contributed by atoms with van der Waals surface area (Å²) in [4.78, 5) is 10.4. The van der Waals surface area contributed by atoms with Gasteiger partial charge in [-0.05, 0) is 37.6 Å². The van der Waals surface area contributed by atoms with Gasteiger partial charge in [0.15, 0.2) is 0 Å². The van der Waals surface area contributed by atoms with Crippen molar-refractivity contribution in [1.29, 1.82) is 0 Å². The highest BCUT2D eigenvalue weighted by Crippen LogP contribution is 2.18. The molecule has 3 rings (SSSR count). The third-order valence-corrected chi connectivity index (χ3v) is 4.40. The first-order chi connectivity index (χ1) is 10.3. The number of H-pyrrole nitrogens is 1. The molecule has 2 heterocycles. The first-order valence-electron chi connectivity index (χ1n) is 7.85. The standard InChI is InChI=1S/C16H24N4O/c17-12-5-6-14-15(10-12)19-16(18-14)7-9-20-8-3-1-2-4-13(20)11-21/h5-6,10,13,21H,1-4,7-9,11,17H2,(H,18,19). The molecule has 1 fully saturated rings. The summed E-state index contributed by atoms with van der Waals surface area (Å²) >= 11 is 0. The fraction of sp³-hybridized carbons (Fsp3) is 0.562. The van der Waals surface area contributed by atoms with Gasteiger partial charge in [0.25, 0.3) is 0 Å². The first-order valence-corrected chi connectivity index (χ1v) is 7.85. The number of nitrogens with zero attached hydrogens (tertiary/aromatic N) is 2. The Morgan fingerprint density at radius 1 is 1.33 bits per heavy atom. The number of rotatable bonds is 4. The number of aliphatic hydroxyl groups is 1. The number of likely N-dealkylation sites (tertiary alicyclic amines) is 1. The maximum absolute atomic E-state index is 9.55. The molecule has 114 valence electrons. The molecule has 0 amide bonds. The zero-order valence-corrected chi connectivity index (χ0v) is 12.4. The molecular formula is C16H24N4O. The van der Waals surface area contributed by atoms with Gasteiger partial charge in [0.2, 0.25) is 0 Å². The lowest BCUT2D eigenvalue weighted by atomic mass is 10.1. The number of nitrogen functional groups attached to an aromatic ring is 1. The average molecular weight is 288 g/mol.